The van der Waals surface area contributed by atoms with E-state index in [-0.39, 0.29) is 0 Å². The molecule has 0 saturated heterocycles. The van der Waals surface area contributed by atoms with E-state index in [1.165, 1.54) is 16.5 Å². The van der Waals surface area contributed by atoms with E-state index >= 15 is 0 Å². The fourth-order valence-corrected chi connectivity index (χ4v) is 2.64. The molecule has 3 heteroatoms. The molecule has 3 nitrogen and oxygen atoms in total. The van der Waals surface area contributed by atoms with Crippen molar-refractivity contribution >= 4 is 11.0 Å². The van der Waals surface area contributed by atoms with Crippen LogP contribution in [0.1, 0.15) is 24.5 Å². The lowest BCUT2D eigenvalue weighted by molar-refractivity contribution is 0.675. The Kier molecular flexibility index (Phi) is 4.31. The Morgan fingerprint density at radius 1 is 1.10 bits per heavy atom. The van der Waals surface area contributed by atoms with Crippen molar-refractivity contribution in [2.75, 3.05) is 6.54 Å². The molecule has 0 saturated carbocycles. The first-order valence-corrected chi connectivity index (χ1v) is 7.56. The predicted molar refractivity (Wildman–Crippen MR) is 87.3 cm³/mol. The second kappa shape index (κ2) is 6.55. The van der Waals surface area contributed by atoms with Crippen molar-refractivity contribution in [3.8, 4) is 0 Å². The van der Waals surface area contributed by atoms with Gasteiger partial charge in [-0.2, -0.15) is 0 Å². The van der Waals surface area contributed by atoms with Crippen LogP contribution in [0.2, 0.25) is 0 Å². The molecule has 1 aromatic carbocycles. The van der Waals surface area contributed by atoms with E-state index in [4.69, 9.17) is 0 Å². The minimum atomic E-state index is 0.863. The molecule has 2 heterocycles. The molecule has 0 aliphatic rings. The zero-order chi connectivity index (χ0) is 14.5. The van der Waals surface area contributed by atoms with Crippen molar-refractivity contribution in [1.29, 1.82) is 0 Å². The molecule has 0 fully saturated rings. The van der Waals surface area contributed by atoms with Crippen molar-refractivity contribution in [2.45, 2.75) is 26.4 Å². The van der Waals surface area contributed by atoms with E-state index in [1.54, 1.807) is 0 Å². The highest BCUT2D eigenvalue weighted by atomic mass is 15.0. The van der Waals surface area contributed by atoms with Crippen LogP contribution in [0.15, 0.2) is 54.9 Å². The third kappa shape index (κ3) is 3.14. The molecule has 0 aliphatic heterocycles. The maximum Gasteiger partial charge on any atom is 0.140 e. The standard InChI is InChI=1S/C18H21N3/c1-2-10-19-12-16-14-21(13-15-7-4-3-5-8-15)18-17(16)9-6-11-20-18/h3-9,11,14,19H,2,10,12-13H2,1H3. The number of nitrogens with zero attached hydrogens (tertiary/aromatic N) is 2. The second-order valence-electron chi connectivity index (χ2n) is 5.32. The number of rotatable bonds is 6. The number of pyridine rings is 1. The third-order valence-corrected chi connectivity index (χ3v) is 3.65. The van der Waals surface area contributed by atoms with Crippen molar-refractivity contribution in [1.82, 2.24) is 14.9 Å². The Morgan fingerprint density at radius 3 is 2.76 bits per heavy atom. The van der Waals surface area contributed by atoms with Crippen molar-refractivity contribution in [3.05, 3.63) is 66.0 Å². The largest absolute Gasteiger partial charge is 0.328 e. The molecule has 0 atom stereocenters. The molecule has 3 rings (SSSR count). The van der Waals surface area contributed by atoms with Crippen LogP contribution in [-0.4, -0.2) is 16.1 Å². The molecule has 0 spiro atoms. The van der Waals surface area contributed by atoms with Crippen LogP contribution in [0.25, 0.3) is 11.0 Å². The highest BCUT2D eigenvalue weighted by Gasteiger charge is 2.09. The van der Waals surface area contributed by atoms with Crippen molar-refractivity contribution < 1.29 is 0 Å². The maximum absolute atomic E-state index is 4.56. The van der Waals surface area contributed by atoms with E-state index in [9.17, 15) is 0 Å². The minimum absolute atomic E-state index is 0.863. The molecule has 21 heavy (non-hydrogen) atoms. The number of nitrogens with one attached hydrogen (secondary N) is 1. The predicted octanol–water partition coefficient (Wildman–Crippen LogP) is 3.58. The highest BCUT2D eigenvalue weighted by molar-refractivity contribution is 5.80. The fraction of sp³-hybridized carbons (Fsp3) is 0.278. The number of fused-ring (bicyclic) bond motifs is 1. The van der Waals surface area contributed by atoms with Gasteiger partial charge in [0.15, 0.2) is 0 Å². The summed E-state index contributed by atoms with van der Waals surface area (Å²) in [7, 11) is 0. The SMILES string of the molecule is CCCNCc1cn(Cc2ccccc2)c2ncccc12. The third-order valence-electron chi connectivity index (χ3n) is 3.65. The summed E-state index contributed by atoms with van der Waals surface area (Å²) in [5.41, 5.74) is 3.69. The highest BCUT2D eigenvalue weighted by Crippen LogP contribution is 2.20. The average Bonchev–Trinajstić information content (AvgIpc) is 2.87. The topological polar surface area (TPSA) is 29.9 Å². The van der Waals surface area contributed by atoms with Gasteiger partial charge < -0.3 is 9.88 Å². The van der Waals surface area contributed by atoms with Gasteiger partial charge in [0.2, 0.25) is 0 Å². The summed E-state index contributed by atoms with van der Waals surface area (Å²) in [6.07, 6.45) is 5.25. The summed E-state index contributed by atoms with van der Waals surface area (Å²) in [4.78, 5) is 4.56. The van der Waals surface area contributed by atoms with Gasteiger partial charge in [-0.25, -0.2) is 4.98 Å². The van der Waals surface area contributed by atoms with E-state index in [1.807, 2.05) is 12.3 Å². The summed E-state index contributed by atoms with van der Waals surface area (Å²) in [5.74, 6) is 0. The summed E-state index contributed by atoms with van der Waals surface area (Å²) in [6, 6.07) is 14.7. The van der Waals surface area contributed by atoms with Crippen LogP contribution in [-0.2, 0) is 13.1 Å². The van der Waals surface area contributed by atoms with Crippen molar-refractivity contribution in [2.24, 2.45) is 0 Å². The number of aromatic nitrogens is 2. The van der Waals surface area contributed by atoms with Crippen LogP contribution in [0.5, 0.6) is 0 Å². The second-order valence-corrected chi connectivity index (χ2v) is 5.32. The zero-order valence-electron chi connectivity index (χ0n) is 12.4. The average molecular weight is 279 g/mol. The molecule has 108 valence electrons. The lowest BCUT2D eigenvalue weighted by atomic mass is 10.2. The Labute approximate surface area is 125 Å². The summed E-state index contributed by atoms with van der Waals surface area (Å²) in [6.45, 7) is 5.00. The monoisotopic (exact) mass is 279 g/mol. The van der Waals surface area contributed by atoms with Gasteiger partial charge in [-0.15, -0.1) is 0 Å². The molecule has 3 aromatic rings. The lowest BCUT2D eigenvalue weighted by Crippen LogP contribution is -2.13. The van der Waals surface area contributed by atoms with Gasteiger partial charge in [0.05, 0.1) is 0 Å². The normalized spacial score (nSPS) is 11.1. The lowest BCUT2D eigenvalue weighted by Gasteiger charge is -2.04. The quantitative estimate of drug-likeness (QED) is 0.699. The first-order valence-electron chi connectivity index (χ1n) is 7.56. The Bertz CT molecular complexity index is 701. The number of hydrogen-bond donors (Lipinski definition) is 1. The van der Waals surface area contributed by atoms with Gasteiger partial charge in [-0.1, -0.05) is 37.3 Å². The molecule has 0 aliphatic carbocycles. The van der Waals surface area contributed by atoms with Crippen LogP contribution >= 0.6 is 0 Å². The molecule has 0 amide bonds. The molecular formula is C18H21N3. The minimum Gasteiger partial charge on any atom is -0.328 e. The summed E-state index contributed by atoms with van der Waals surface area (Å²) < 4.78 is 2.24. The summed E-state index contributed by atoms with van der Waals surface area (Å²) >= 11 is 0. The Hall–Kier alpha value is -2.13. The maximum atomic E-state index is 4.56. The Balaban J connectivity index is 1.91. The van der Waals surface area contributed by atoms with Gasteiger partial charge in [-0.05, 0) is 36.2 Å². The molecule has 0 radical (unpaired) electrons. The summed E-state index contributed by atoms with van der Waals surface area (Å²) in [5, 5.41) is 4.73. The molecule has 1 N–H and O–H groups in total. The zero-order valence-corrected chi connectivity index (χ0v) is 12.4. The molecular weight excluding hydrogens is 258 g/mol. The fourth-order valence-electron chi connectivity index (χ4n) is 2.64. The van der Waals surface area contributed by atoms with Gasteiger partial charge in [0.25, 0.3) is 0 Å². The van der Waals surface area contributed by atoms with Gasteiger partial charge in [0, 0.05) is 30.9 Å². The molecule has 2 aromatic heterocycles. The van der Waals surface area contributed by atoms with Gasteiger partial charge >= 0.3 is 0 Å². The van der Waals surface area contributed by atoms with E-state index in [2.05, 4.69) is 64.4 Å². The van der Waals surface area contributed by atoms with Crippen LogP contribution in [0.4, 0.5) is 0 Å². The van der Waals surface area contributed by atoms with Crippen molar-refractivity contribution in [3.63, 3.8) is 0 Å². The van der Waals surface area contributed by atoms with Gasteiger partial charge in [-0.3, -0.25) is 0 Å². The number of benzene rings is 1. The first-order chi connectivity index (χ1) is 10.4. The molecule has 0 unspecified atom stereocenters. The smallest absolute Gasteiger partial charge is 0.140 e. The molecule has 0 bridgehead atoms. The first kappa shape index (κ1) is 13.8. The Morgan fingerprint density at radius 2 is 1.95 bits per heavy atom. The number of hydrogen-bond acceptors (Lipinski definition) is 2. The van der Waals surface area contributed by atoms with E-state index in [0.717, 1.165) is 31.7 Å². The van der Waals surface area contributed by atoms with Crippen LogP contribution in [0.3, 0.4) is 0 Å². The van der Waals surface area contributed by atoms with Crippen LogP contribution < -0.4 is 5.32 Å². The van der Waals surface area contributed by atoms with Gasteiger partial charge in [0.1, 0.15) is 5.65 Å². The van der Waals surface area contributed by atoms with E-state index < -0.39 is 0 Å². The van der Waals surface area contributed by atoms with Crippen LogP contribution in [0, 0.1) is 0 Å². The van der Waals surface area contributed by atoms with E-state index in [0.29, 0.717) is 0 Å².